The predicted molar refractivity (Wildman–Crippen MR) is 67.1 cm³/mol. The van der Waals surface area contributed by atoms with E-state index >= 15 is 0 Å². The smallest absolute Gasteiger partial charge is 0.341 e. The Bertz CT molecular complexity index is 676. The van der Waals surface area contributed by atoms with Crippen LogP contribution >= 0.6 is 0 Å². The van der Waals surface area contributed by atoms with Crippen LogP contribution in [0.25, 0.3) is 10.8 Å². The van der Waals surface area contributed by atoms with E-state index < -0.39 is 16.2 Å². The maximum atomic E-state index is 11.6. The van der Waals surface area contributed by atoms with E-state index in [-0.39, 0.29) is 0 Å². The Morgan fingerprint density at radius 1 is 1.39 bits per heavy atom. The molecule has 18 heavy (non-hydrogen) atoms. The van der Waals surface area contributed by atoms with E-state index in [1.165, 1.54) is 0 Å². The van der Waals surface area contributed by atoms with Gasteiger partial charge in [0.1, 0.15) is 5.75 Å². The second-order valence-electron chi connectivity index (χ2n) is 3.83. The molecule has 0 unspecified atom stereocenters. The fourth-order valence-corrected chi connectivity index (χ4v) is 1.90. The number of ether oxygens (including phenoxy) is 1. The molecule has 1 N–H and O–H groups in total. The Hall–Kier alpha value is -2.37. The summed E-state index contributed by atoms with van der Waals surface area (Å²) in [7, 11) is 0. The summed E-state index contributed by atoms with van der Waals surface area (Å²) in [6.07, 6.45) is 0. The molecule has 1 aromatic carbocycles. The van der Waals surface area contributed by atoms with Gasteiger partial charge >= 0.3 is 11.2 Å². The molecule has 0 bridgehead atoms. The SMILES string of the molecule is CCOc1ccc2c([N+](=O)[O-])c(=O)[nH]c(C)c2c1. The number of hydrogen-bond donors (Lipinski definition) is 1. The van der Waals surface area contributed by atoms with Gasteiger partial charge < -0.3 is 9.72 Å². The molecule has 0 saturated carbocycles. The van der Waals surface area contributed by atoms with Crippen molar-refractivity contribution in [3.63, 3.8) is 0 Å². The van der Waals surface area contributed by atoms with Crippen LogP contribution in [0.15, 0.2) is 23.0 Å². The van der Waals surface area contributed by atoms with Crippen LogP contribution in [0.2, 0.25) is 0 Å². The highest BCUT2D eigenvalue weighted by Crippen LogP contribution is 2.27. The maximum Gasteiger partial charge on any atom is 0.341 e. The number of aromatic nitrogens is 1. The van der Waals surface area contributed by atoms with Gasteiger partial charge in [-0.2, -0.15) is 0 Å². The van der Waals surface area contributed by atoms with Crippen molar-refractivity contribution in [2.24, 2.45) is 0 Å². The molecule has 6 nitrogen and oxygen atoms in total. The summed E-state index contributed by atoms with van der Waals surface area (Å²) >= 11 is 0. The minimum Gasteiger partial charge on any atom is -0.494 e. The van der Waals surface area contributed by atoms with Crippen LogP contribution in [0.3, 0.4) is 0 Å². The van der Waals surface area contributed by atoms with Gasteiger partial charge in [-0.1, -0.05) is 0 Å². The maximum absolute atomic E-state index is 11.6. The van der Waals surface area contributed by atoms with Gasteiger partial charge in [0.15, 0.2) is 0 Å². The fourth-order valence-electron chi connectivity index (χ4n) is 1.90. The molecule has 0 radical (unpaired) electrons. The first kappa shape index (κ1) is 12.1. The molecule has 0 fully saturated rings. The molecule has 0 amide bonds. The molecule has 0 aliphatic rings. The standard InChI is InChI=1S/C12H12N2O4/c1-3-18-8-4-5-9-10(6-8)7(2)13-12(15)11(9)14(16)17/h4-6H,3H2,1-2H3,(H,13,15). The summed E-state index contributed by atoms with van der Waals surface area (Å²) in [6, 6.07) is 4.86. The van der Waals surface area contributed by atoms with E-state index in [9.17, 15) is 14.9 Å². The van der Waals surface area contributed by atoms with Crippen molar-refractivity contribution in [2.45, 2.75) is 13.8 Å². The van der Waals surface area contributed by atoms with E-state index in [0.29, 0.717) is 28.8 Å². The minimum absolute atomic E-state index is 0.324. The number of H-pyrrole nitrogens is 1. The van der Waals surface area contributed by atoms with E-state index in [0.717, 1.165) is 0 Å². The molecule has 1 aromatic heterocycles. The van der Waals surface area contributed by atoms with Gasteiger partial charge in [0, 0.05) is 11.1 Å². The molecule has 0 atom stereocenters. The minimum atomic E-state index is -0.686. The van der Waals surface area contributed by atoms with Crippen LogP contribution in [0, 0.1) is 17.0 Å². The summed E-state index contributed by atoms with van der Waals surface area (Å²) < 4.78 is 5.34. The number of fused-ring (bicyclic) bond motifs is 1. The lowest BCUT2D eigenvalue weighted by Crippen LogP contribution is -2.13. The van der Waals surface area contributed by atoms with Gasteiger partial charge in [0.25, 0.3) is 0 Å². The molecular formula is C12H12N2O4. The van der Waals surface area contributed by atoms with E-state index in [1.807, 2.05) is 6.92 Å². The zero-order valence-corrected chi connectivity index (χ0v) is 10.0. The molecule has 2 aromatic rings. The monoisotopic (exact) mass is 248 g/mol. The zero-order valence-electron chi connectivity index (χ0n) is 10.0. The third-order valence-electron chi connectivity index (χ3n) is 2.66. The summed E-state index contributed by atoms with van der Waals surface area (Å²) in [5.41, 5.74) is -0.532. The Kier molecular flexibility index (Phi) is 3.01. The van der Waals surface area contributed by atoms with Crippen molar-refractivity contribution < 1.29 is 9.66 Å². The Labute approximate surface area is 102 Å². The quantitative estimate of drug-likeness (QED) is 0.666. The summed E-state index contributed by atoms with van der Waals surface area (Å²) in [5, 5.41) is 11.9. The van der Waals surface area contributed by atoms with E-state index in [1.54, 1.807) is 25.1 Å². The number of aromatic amines is 1. The lowest BCUT2D eigenvalue weighted by atomic mass is 10.1. The van der Waals surface area contributed by atoms with Crippen LogP contribution in [0.4, 0.5) is 5.69 Å². The second-order valence-corrected chi connectivity index (χ2v) is 3.83. The van der Waals surface area contributed by atoms with Crippen molar-refractivity contribution in [1.82, 2.24) is 4.98 Å². The second kappa shape index (κ2) is 4.48. The summed E-state index contributed by atoms with van der Waals surface area (Å²) in [4.78, 5) is 24.3. The number of rotatable bonds is 3. The molecule has 0 spiro atoms. The number of nitrogens with one attached hydrogen (secondary N) is 1. The molecule has 0 aliphatic heterocycles. The number of aryl methyl sites for hydroxylation is 1. The van der Waals surface area contributed by atoms with Gasteiger partial charge in [-0.15, -0.1) is 0 Å². The van der Waals surface area contributed by atoms with Crippen molar-refractivity contribution in [3.8, 4) is 5.75 Å². The number of benzene rings is 1. The first-order chi connectivity index (χ1) is 8.54. The van der Waals surface area contributed by atoms with Gasteiger partial charge in [-0.25, -0.2) is 0 Å². The topological polar surface area (TPSA) is 85.2 Å². The highest BCUT2D eigenvalue weighted by molar-refractivity contribution is 5.92. The normalized spacial score (nSPS) is 10.6. The Morgan fingerprint density at radius 2 is 2.11 bits per heavy atom. The van der Waals surface area contributed by atoms with Gasteiger partial charge in [-0.05, 0) is 32.0 Å². The lowest BCUT2D eigenvalue weighted by Gasteiger charge is -2.06. The van der Waals surface area contributed by atoms with Crippen molar-refractivity contribution in [1.29, 1.82) is 0 Å². The highest BCUT2D eigenvalue weighted by atomic mass is 16.6. The molecular weight excluding hydrogens is 236 g/mol. The van der Waals surface area contributed by atoms with Gasteiger partial charge in [0.05, 0.1) is 16.9 Å². The number of nitrogens with zero attached hydrogens (tertiary/aromatic N) is 1. The predicted octanol–water partition coefficient (Wildman–Crippen LogP) is 2.14. The molecule has 2 rings (SSSR count). The molecule has 94 valence electrons. The Morgan fingerprint density at radius 3 is 2.72 bits per heavy atom. The van der Waals surface area contributed by atoms with Crippen LogP contribution in [-0.2, 0) is 0 Å². The third-order valence-corrected chi connectivity index (χ3v) is 2.66. The largest absolute Gasteiger partial charge is 0.494 e. The summed E-state index contributed by atoms with van der Waals surface area (Å²) in [6.45, 7) is 4.06. The van der Waals surface area contributed by atoms with Crippen LogP contribution in [0.1, 0.15) is 12.6 Å². The number of pyridine rings is 1. The van der Waals surface area contributed by atoms with E-state index in [4.69, 9.17) is 4.74 Å². The molecule has 6 heteroatoms. The van der Waals surface area contributed by atoms with Gasteiger partial charge in [0.2, 0.25) is 0 Å². The zero-order chi connectivity index (χ0) is 13.3. The fraction of sp³-hybridized carbons (Fsp3) is 0.250. The third kappa shape index (κ3) is 1.92. The van der Waals surface area contributed by atoms with Crippen LogP contribution < -0.4 is 10.3 Å². The molecule has 0 saturated heterocycles. The van der Waals surface area contributed by atoms with E-state index in [2.05, 4.69) is 4.98 Å². The van der Waals surface area contributed by atoms with Crippen LogP contribution in [-0.4, -0.2) is 16.5 Å². The van der Waals surface area contributed by atoms with Gasteiger partial charge in [-0.3, -0.25) is 14.9 Å². The average molecular weight is 248 g/mol. The van der Waals surface area contributed by atoms with Crippen molar-refractivity contribution >= 4 is 16.5 Å². The highest BCUT2D eigenvalue weighted by Gasteiger charge is 2.19. The first-order valence-electron chi connectivity index (χ1n) is 5.48. The lowest BCUT2D eigenvalue weighted by molar-refractivity contribution is -0.384. The Balaban J connectivity index is 2.81. The van der Waals surface area contributed by atoms with Crippen LogP contribution in [0.5, 0.6) is 5.75 Å². The average Bonchev–Trinajstić information content (AvgIpc) is 2.29. The first-order valence-corrected chi connectivity index (χ1v) is 5.48. The molecule has 0 aliphatic carbocycles. The molecule has 1 heterocycles. The number of hydrogen-bond acceptors (Lipinski definition) is 4. The summed E-state index contributed by atoms with van der Waals surface area (Å²) in [5.74, 6) is 0.620. The van der Waals surface area contributed by atoms with Crippen molar-refractivity contribution in [2.75, 3.05) is 6.61 Å². The number of nitro groups is 1. The van der Waals surface area contributed by atoms with Crippen molar-refractivity contribution in [3.05, 3.63) is 44.4 Å².